The van der Waals surface area contributed by atoms with Crippen molar-refractivity contribution >= 4 is 28.8 Å². The quantitative estimate of drug-likeness (QED) is 0.723. The monoisotopic (exact) mass is 392 g/mol. The Balaban J connectivity index is 1.33. The normalized spacial score (nSPS) is 17.1. The summed E-state index contributed by atoms with van der Waals surface area (Å²) in [7, 11) is 0. The van der Waals surface area contributed by atoms with Gasteiger partial charge in [0.05, 0.1) is 11.7 Å². The molecule has 28 heavy (non-hydrogen) atoms. The summed E-state index contributed by atoms with van der Waals surface area (Å²) in [5.74, 6) is 0.327. The topological polar surface area (TPSA) is 62.6 Å². The van der Waals surface area contributed by atoms with Crippen molar-refractivity contribution in [1.82, 2.24) is 4.90 Å². The SMILES string of the molecule is O=C(c1ccco1)N1CCc2ccc(NC(=O)C3(c4cccs4)CC3)cc2C1. The zero-order chi connectivity index (χ0) is 19.1. The van der Waals surface area contributed by atoms with Crippen molar-refractivity contribution < 1.29 is 14.0 Å². The van der Waals surface area contributed by atoms with Crippen molar-refractivity contribution in [3.8, 4) is 0 Å². The van der Waals surface area contributed by atoms with Crippen LogP contribution < -0.4 is 5.32 Å². The second kappa shape index (κ2) is 6.63. The molecule has 2 aromatic heterocycles. The van der Waals surface area contributed by atoms with E-state index in [1.807, 2.05) is 29.6 Å². The number of anilines is 1. The third-order valence-electron chi connectivity index (χ3n) is 5.67. The van der Waals surface area contributed by atoms with Gasteiger partial charge in [0.25, 0.3) is 5.91 Å². The van der Waals surface area contributed by atoms with Crippen molar-refractivity contribution in [2.45, 2.75) is 31.2 Å². The molecule has 1 N–H and O–H groups in total. The minimum absolute atomic E-state index is 0.0641. The van der Waals surface area contributed by atoms with Gasteiger partial charge in [0.2, 0.25) is 5.91 Å². The number of nitrogens with one attached hydrogen (secondary N) is 1. The lowest BCUT2D eigenvalue weighted by atomic mass is 9.98. The van der Waals surface area contributed by atoms with E-state index in [0.29, 0.717) is 18.8 Å². The fourth-order valence-electron chi connectivity index (χ4n) is 3.88. The molecule has 142 valence electrons. The molecule has 5 nitrogen and oxygen atoms in total. The van der Waals surface area contributed by atoms with Crippen molar-refractivity contribution in [2.75, 3.05) is 11.9 Å². The number of hydrogen-bond donors (Lipinski definition) is 1. The first-order chi connectivity index (χ1) is 13.7. The van der Waals surface area contributed by atoms with Crippen LogP contribution in [0.25, 0.3) is 0 Å². The maximum atomic E-state index is 12.9. The molecule has 0 saturated heterocycles. The fourth-order valence-corrected chi connectivity index (χ4v) is 4.86. The van der Waals surface area contributed by atoms with Crippen molar-refractivity contribution in [3.05, 3.63) is 75.9 Å². The second-order valence-corrected chi connectivity index (χ2v) is 8.40. The highest BCUT2D eigenvalue weighted by molar-refractivity contribution is 7.10. The molecular weight excluding hydrogens is 372 g/mol. The molecule has 6 heteroatoms. The van der Waals surface area contributed by atoms with Crippen molar-refractivity contribution in [1.29, 1.82) is 0 Å². The second-order valence-electron chi connectivity index (χ2n) is 7.45. The first-order valence-corrected chi connectivity index (χ1v) is 10.3. The number of carbonyl (C=O) groups excluding carboxylic acids is 2. The smallest absolute Gasteiger partial charge is 0.289 e. The Morgan fingerprint density at radius 2 is 2.00 bits per heavy atom. The van der Waals surface area contributed by atoms with Crippen LogP contribution >= 0.6 is 11.3 Å². The van der Waals surface area contributed by atoms with Crippen LogP contribution in [-0.2, 0) is 23.2 Å². The van der Waals surface area contributed by atoms with Crippen LogP contribution in [0.1, 0.15) is 39.4 Å². The molecular formula is C22H20N2O3S. The van der Waals surface area contributed by atoms with Crippen LogP contribution in [0.5, 0.6) is 0 Å². The highest BCUT2D eigenvalue weighted by atomic mass is 32.1. The molecule has 1 aliphatic heterocycles. The Labute approximate surface area is 167 Å². The van der Waals surface area contributed by atoms with E-state index in [0.717, 1.165) is 35.4 Å². The Hall–Kier alpha value is -2.86. The lowest BCUT2D eigenvalue weighted by Crippen LogP contribution is -2.35. The fraction of sp³-hybridized carbons (Fsp3) is 0.273. The van der Waals surface area contributed by atoms with E-state index >= 15 is 0 Å². The minimum atomic E-state index is -0.356. The number of benzene rings is 1. The predicted molar refractivity (Wildman–Crippen MR) is 107 cm³/mol. The molecule has 5 rings (SSSR count). The van der Waals surface area contributed by atoms with E-state index in [1.165, 1.54) is 11.8 Å². The number of thiophene rings is 1. The van der Waals surface area contributed by atoms with Gasteiger partial charge in [-0.2, -0.15) is 0 Å². The Bertz CT molecular complexity index is 1020. The number of fused-ring (bicyclic) bond motifs is 1. The Morgan fingerprint density at radius 3 is 2.71 bits per heavy atom. The van der Waals surface area contributed by atoms with Crippen LogP contribution in [0.15, 0.2) is 58.5 Å². The van der Waals surface area contributed by atoms with E-state index < -0.39 is 0 Å². The summed E-state index contributed by atoms with van der Waals surface area (Å²) in [6.07, 6.45) is 4.11. The van der Waals surface area contributed by atoms with E-state index in [-0.39, 0.29) is 17.2 Å². The van der Waals surface area contributed by atoms with Gasteiger partial charge in [-0.05, 0) is 66.1 Å². The summed E-state index contributed by atoms with van der Waals surface area (Å²) in [5.41, 5.74) is 2.73. The summed E-state index contributed by atoms with van der Waals surface area (Å²) < 4.78 is 5.25. The van der Waals surface area contributed by atoms with E-state index in [9.17, 15) is 9.59 Å². The third-order valence-corrected chi connectivity index (χ3v) is 6.75. The molecule has 3 heterocycles. The van der Waals surface area contributed by atoms with Gasteiger partial charge < -0.3 is 14.6 Å². The lowest BCUT2D eigenvalue weighted by Gasteiger charge is -2.28. The number of amides is 2. The zero-order valence-electron chi connectivity index (χ0n) is 15.3. The summed E-state index contributed by atoms with van der Waals surface area (Å²) in [6, 6.07) is 13.5. The largest absolute Gasteiger partial charge is 0.459 e. The highest BCUT2D eigenvalue weighted by Gasteiger charge is 2.52. The number of rotatable bonds is 4. The summed E-state index contributed by atoms with van der Waals surface area (Å²) in [4.78, 5) is 28.4. The van der Waals surface area contributed by atoms with Gasteiger partial charge in [-0.3, -0.25) is 9.59 Å². The van der Waals surface area contributed by atoms with Gasteiger partial charge in [-0.15, -0.1) is 11.3 Å². The standard InChI is InChI=1S/C22H20N2O3S/c25-20(18-3-1-11-27-18)24-10-7-15-5-6-17(13-16(15)14-24)23-21(26)22(8-9-22)19-4-2-12-28-19/h1-6,11-13H,7-10,14H2,(H,23,26). The Kier molecular flexibility index (Phi) is 4.09. The van der Waals surface area contributed by atoms with E-state index in [4.69, 9.17) is 4.42 Å². The summed E-state index contributed by atoms with van der Waals surface area (Å²) in [6.45, 7) is 1.19. The van der Waals surface area contributed by atoms with Gasteiger partial charge in [0.1, 0.15) is 0 Å². The average Bonchev–Trinajstić information content (AvgIpc) is 3.13. The minimum Gasteiger partial charge on any atom is -0.459 e. The molecule has 2 amide bonds. The van der Waals surface area contributed by atoms with Crippen LogP contribution in [0.2, 0.25) is 0 Å². The van der Waals surface area contributed by atoms with Gasteiger partial charge in [-0.25, -0.2) is 0 Å². The van der Waals surface area contributed by atoms with Gasteiger partial charge in [0, 0.05) is 23.7 Å². The summed E-state index contributed by atoms with van der Waals surface area (Å²) >= 11 is 1.64. The van der Waals surface area contributed by atoms with Crippen LogP contribution in [-0.4, -0.2) is 23.3 Å². The number of furan rings is 1. The van der Waals surface area contributed by atoms with Crippen LogP contribution in [0.4, 0.5) is 5.69 Å². The molecule has 0 bridgehead atoms. The zero-order valence-corrected chi connectivity index (χ0v) is 16.1. The van der Waals surface area contributed by atoms with Crippen molar-refractivity contribution in [2.24, 2.45) is 0 Å². The van der Waals surface area contributed by atoms with Gasteiger partial charge in [-0.1, -0.05) is 12.1 Å². The summed E-state index contributed by atoms with van der Waals surface area (Å²) in [5, 5.41) is 5.12. The highest BCUT2D eigenvalue weighted by Crippen LogP contribution is 2.50. The lowest BCUT2D eigenvalue weighted by molar-refractivity contribution is -0.118. The molecule has 0 spiro atoms. The molecule has 1 aliphatic carbocycles. The van der Waals surface area contributed by atoms with E-state index in [2.05, 4.69) is 11.4 Å². The number of nitrogens with zero attached hydrogens (tertiary/aromatic N) is 1. The van der Waals surface area contributed by atoms with Crippen LogP contribution in [0.3, 0.4) is 0 Å². The van der Waals surface area contributed by atoms with Gasteiger partial charge >= 0.3 is 0 Å². The molecule has 1 saturated carbocycles. The molecule has 1 aromatic carbocycles. The molecule has 2 aliphatic rings. The molecule has 0 atom stereocenters. The molecule has 1 fully saturated rings. The number of hydrogen-bond acceptors (Lipinski definition) is 4. The van der Waals surface area contributed by atoms with E-state index in [1.54, 1.807) is 28.4 Å². The Morgan fingerprint density at radius 1 is 1.11 bits per heavy atom. The maximum absolute atomic E-state index is 12.9. The molecule has 0 unspecified atom stereocenters. The maximum Gasteiger partial charge on any atom is 0.289 e. The predicted octanol–water partition coefficient (Wildman–Crippen LogP) is 4.21. The first kappa shape index (κ1) is 17.3. The van der Waals surface area contributed by atoms with Crippen molar-refractivity contribution in [3.63, 3.8) is 0 Å². The first-order valence-electron chi connectivity index (χ1n) is 9.46. The molecule has 3 aromatic rings. The van der Waals surface area contributed by atoms with Crippen LogP contribution in [0, 0.1) is 0 Å². The number of carbonyl (C=O) groups is 2. The average molecular weight is 392 g/mol. The molecule has 0 radical (unpaired) electrons. The third kappa shape index (κ3) is 2.94. The van der Waals surface area contributed by atoms with Gasteiger partial charge in [0.15, 0.2) is 5.76 Å².